The lowest BCUT2D eigenvalue weighted by molar-refractivity contribution is -0.140. The molecule has 10 heteroatoms. The number of carbonyl (C=O) groups excluding carboxylic acids is 2. The number of hydrogen-bond donors (Lipinski definition) is 2. The third-order valence-electron chi connectivity index (χ3n) is 6.50. The molecule has 0 aliphatic heterocycles. The topological polar surface area (TPSA) is 120 Å². The molecule has 39 heavy (non-hydrogen) atoms. The van der Waals surface area contributed by atoms with E-state index in [1.54, 1.807) is 12.1 Å². The van der Waals surface area contributed by atoms with Crippen molar-refractivity contribution in [3.63, 3.8) is 0 Å². The predicted molar refractivity (Wildman–Crippen MR) is 147 cm³/mol. The van der Waals surface area contributed by atoms with Crippen LogP contribution in [0.2, 0.25) is 0 Å². The van der Waals surface area contributed by atoms with E-state index in [4.69, 9.17) is 18.9 Å². The Labute approximate surface area is 230 Å². The van der Waals surface area contributed by atoms with Gasteiger partial charge in [0.2, 0.25) is 0 Å². The first-order valence-electron chi connectivity index (χ1n) is 12.1. The second-order valence-corrected chi connectivity index (χ2v) is 9.77. The Morgan fingerprint density at radius 1 is 0.897 bits per heavy atom. The maximum atomic E-state index is 12.7. The van der Waals surface area contributed by atoms with Crippen LogP contribution in [0.25, 0.3) is 11.1 Å². The fourth-order valence-electron chi connectivity index (χ4n) is 4.58. The fourth-order valence-corrected chi connectivity index (χ4v) is 5.46. The highest BCUT2D eigenvalue weighted by atomic mass is 32.2. The fraction of sp³-hybridized carbons (Fsp3) is 0.276. The summed E-state index contributed by atoms with van der Waals surface area (Å²) in [5.41, 5.74) is 4.86. The summed E-state index contributed by atoms with van der Waals surface area (Å²) in [6.07, 6.45) is -1.33. The van der Waals surface area contributed by atoms with Crippen molar-refractivity contribution < 1.29 is 38.4 Å². The Balaban J connectivity index is 1.35. The summed E-state index contributed by atoms with van der Waals surface area (Å²) in [6, 6.07) is 17.7. The Morgan fingerprint density at radius 2 is 1.46 bits per heavy atom. The van der Waals surface area contributed by atoms with Gasteiger partial charge in [-0.3, -0.25) is 4.79 Å². The van der Waals surface area contributed by atoms with E-state index in [2.05, 4.69) is 5.32 Å². The van der Waals surface area contributed by atoms with Gasteiger partial charge in [-0.2, -0.15) is 0 Å². The van der Waals surface area contributed by atoms with Crippen molar-refractivity contribution in [3.8, 4) is 28.4 Å². The van der Waals surface area contributed by atoms with E-state index in [9.17, 15) is 19.5 Å². The number of fused-ring (bicyclic) bond motifs is 3. The van der Waals surface area contributed by atoms with E-state index in [0.29, 0.717) is 22.8 Å². The van der Waals surface area contributed by atoms with Crippen LogP contribution in [0, 0.1) is 0 Å². The number of thioether (sulfide) groups is 1. The van der Waals surface area contributed by atoms with Gasteiger partial charge in [0, 0.05) is 35.8 Å². The summed E-state index contributed by atoms with van der Waals surface area (Å²) in [5, 5.41) is 11.5. The molecule has 1 atom stereocenters. The first kappa shape index (κ1) is 27.8. The number of carboxylic acid groups (broad SMARTS) is 1. The summed E-state index contributed by atoms with van der Waals surface area (Å²) >= 11 is 0.898. The molecule has 1 aliphatic rings. The molecule has 0 aromatic heterocycles. The first-order valence-corrected chi connectivity index (χ1v) is 13.1. The highest BCUT2D eigenvalue weighted by Crippen LogP contribution is 2.44. The molecule has 9 nitrogen and oxygen atoms in total. The van der Waals surface area contributed by atoms with Crippen LogP contribution in [-0.4, -0.2) is 56.3 Å². The van der Waals surface area contributed by atoms with Crippen molar-refractivity contribution in [3.05, 3.63) is 77.4 Å². The number of amides is 1. The molecule has 0 radical (unpaired) electrons. The van der Waals surface area contributed by atoms with Gasteiger partial charge in [0.05, 0.1) is 21.3 Å². The number of ether oxygens (including phenoxy) is 4. The van der Waals surface area contributed by atoms with E-state index in [1.165, 1.54) is 21.3 Å². The molecule has 3 aromatic rings. The highest BCUT2D eigenvalue weighted by Gasteiger charge is 2.30. The van der Waals surface area contributed by atoms with Crippen molar-refractivity contribution in [2.45, 2.75) is 24.1 Å². The zero-order valence-corrected chi connectivity index (χ0v) is 22.6. The average molecular weight is 552 g/mol. The van der Waals surface area contributed by atoms with E-state index in [-0.39, 0.29) is 18.3 Å². The zero-order chi connectivity index (χ0) is 27.9. The van der Waals surface area contributed by atoms with Crippen molar-refractivity contribution in [1.29, 1.82) is 0 Å². The lowest BCUT2D eigenvalue weighted by atomic mass is 9.98. The van der Waals surface area contributed by atoms with Gasteiger partial charge in [-0.05, 0) is 22.3 Å². The summed E-state index contributed by atoms with van der Waals surface area (Å²) < 4.78 is 21.5. The molecule has 3 aromatic carbocycles. The standard InChI is InChI=1S/C29H29NO8S/c1-35-17-12-25(36-2)23(26(13-17)37-3)16-39-27(31)14-24(28(32)33)30-29(34)38-15-22-20-10-6-4-8-18(20)19-9-5-7-11-21(19)22/h4-13,22,24H,14-16H2,1-3H3,(H,30,34)(H,32,33)/t24-/m0/s1. The normalized spacial score (nSPS) is 12.6. The second kappa shape index (κ2) is 12.6. The quantitative estimate of drug-likeness (QED) is 0.344. The van der Waals surface area contributed by atoms with Gasteiger partial charge < -0.3 is 29.4 Å². The van der Waals surface area contributed by atoms with Gasteiger partial charge in [-0.25, -0.2) is 9.59 Å². The van der Waals surface area contributed by atoms with Crippen LogP contribution in [0.1, 0.15) is 29.0 Å². The van der Waals surface area contributed by atoms with Crippen molar-refractivity contribution in [1.82, 2.24) is 5.32 Å². The van der Waals surface area contributed by atoms with Crippen LogP contribution in [0.5, 0.6) is 17.2 Å². The lowest BCUT2D eigenvalue weighted by Crippen LogP contribution is -2.42. The maximum Gasteiger partial charge on any atom is 0.407 e. The zero-order valence-electron chi connectivity index (χ0n) is 21.8. The van der Waals surface area contributed by atoms with E-state index >= 15 is 0 Å². The monoisotopic (exact) mass is 551 g/mol. The maximum absolute atomic E-state index is 12.7. The number of benzene rings is 3. The molecule has 1 aliphatic carbocycles. The molecule has 0 spiro atoms. The molecule has 0 saturated carbocycles. The minimum Gasteiger partial charge on any atom is -0.496 e. The number of rotatable bonds is 11. The van der Waals surface area contributed by atoms with Crippen LogP contribution in [0.4, 0.5) is 4.79 Å². The predicted octanol–water partition coefficient (Wildman–Crippen LogP) is 4.85. The van der Waals surface area contributed by atoms with Crippen LogP contribution in [0.15, 0.2) is 60.7 Å². The van der Waals surface area contributed by atoms with Gasteiger partial charge in [-0.15, -0.1) is 0 Å². The Kier molecular flexibility index (Phi) is 8.98. The van der Waals surface area contributed by atoms with Crippen LogP contribution >= 0.6 is 11.8 Å². The summed E-state index contributed by atoms with van der Waals surface area (Å²) in [4.78, 5) is 37.1. The minimum absolute atomic E-state index is 0.0337. The van der Waals surface area contributed by atoms with E-state index < -0.39 is 29.6 Å². The first-order chi connectivity index (χ1) is 18.9. The van der Waals surface area contributed by atoms with E-state index in [0.717, 1.165) is 34.0 Å². The van der Waals surface area contributed by atoms with Crippen LogP contribution in [0.3, 0.4) is 0 Å². The number of methoxy groups -OCH3 is 3. The molecule has 4 rings (SSSR count). The van der Waals surface area contributed by atoms with Crippen molar-refractivity contribution >= 4 is 28.9 Å². The summed E-state index contributed by atoms with van der Waals surface area (Å²) in [7, 11) is 4.49. The smallest absolute Gasteiger partial charge is 0.407 e. The molecule has 0 unspecified atom stereocenters. The van der Waals surface area contributed by atoms with Crippen molar-refractivity contribution in [2.24, 2.45) is 0 Å². The molecule has 0 saturated heterocycles. The number of aliphatic carboxylic acids is 1. The van der Waals surface area contributed by atoms with Gasteiger partial charge in [0.25, 0.3) is 0 Å². The minimum atomic E-state index is -1.44. The van der Waals surface area contributed by atoms with Gasteiger partial charge in [0.1, 0.15) is 29.9 Å². The van der Waals surface area contributed by atoms with Gasteiger partial charge >= 0.3 is 12.1 Å². The third kappa shape index (κ3) is 6.28. The summed E-state index contributed by atoms with van der Waals surface area (Å²) in [6.45, 7) is 0.0337. The third-order valence-corrected chi connectivity index (χ3v) is 7.42. The largest absolute Gasteiger partial charge is 0.496 e. The number of carbonyl (C=O) groups is 3. The number of hydrogen-bond acceptors (Lipinski definition) is 8. The number of nitrogens with one attached hydrogen (secondary N) is 1. The molecule has 1 amide bonds. The molecule has 2 N–H and O–H groups in total. The second-order valence-electron chi connectivity index (χ2n) is 8.74. The number of carboxylic acids is 1. The summed E-state index contributed by atoms with van der Waals surface area (Å²) in [5.74, 6) is 0.139. The Hall–Kier alpha value is -4.18. The SMILES string of the molecule is COc1cc(OC)c(CSC(=O)C[C@H](NC(=O)OCC2c3ccccc3-c3ccccc32)C(=O)O)c(OC)c1. The van der Waals surface area contributed by atoms with Gasteiger partial charge in [-0.1, -0.05) is 60.3 Å². The van der Waals surface area contributed by atoms with E-state index in [1.807, 2.05) is 48.5 Å². The molecule has 0 bridgehead atoms. The molecule has 204 valence electrons. The highest BCUT2D eigenvalue weighted by molar-refractivity contribution is 8.12. The molecule has 0 fully saturated rings. The van der Waals surface area contributed by atoms with Crippen LogP contribution in [-0.2, 0) is 20.1 Å². The molecular formula is C29H29NO8S. The Bertz CT molecular complexity index is 1300. The number of alkyl carbamates (subject to hydrolysis) is 1. The average Bonchev–Trinajstić information content (AvgIpc) is 3.27. The van der Waals surface area contributed by atoms with Crippen LogP contribution < -0.4 is 19.5 Å². The van der Waals surface area contributed by atoms with Gasteiger partial charge in [0.15, 0.2) is 5.12 Å². The van der Waals surface area contributed by atoms with Crippen molar-refractivity contribution in [2.75, 3.05) is 27.9 Å². The Morgan fingerprint density at radius 3 is 1.97 bits per heavy atom. The molecular weight excluding hydrogens is 522 g/mol. The lowest BCUT2D eigenvalue weighted by Gasteiger charge is -2.17. The molecule has 0 heterocycles.